The Bertz CT molecular complexity index is 231. The first-order valence-electron chi connectivity index (χ1n) is 4.52. The van der Waals surface area contributed by atoms with Crippen molar-refractivity contribution in [2.45, 2.75) is 19.3 Å². The van der Waals surface area contributed by atoms with E-state index in [-0.39, 0.29) is 0 Å². The Kier molecular flexibility index (Phi) is 4.69. The van der Waals surface area contributed by atoms with Crippen LogP contribution in [0.2, 0.25) is 0 Å². The first-order chi connectivity index (χ1) is 6.43. The number of benzene rings is 1. The van der Waals surface area contributed by atoms with E-state index in [1.54, 1.807) is 0 Å². The molecule has 0 heterocycles. The third kappa shape index (κ3) is 4.31. The van der Waals surface area contributed by atoms with Crippen molar-refractivity contribution in [3.8, 4) is 0 Å². The summed E-state index contributed by atoms with van der Waals surface area (Å²) in [5, 5.41) is 0. The van der Waals surface area contributed by atoms with Gasteiger partial charge in [0.25, 0.3) is 6.47 Å². The monoisotopic (exact) mass is 178 g/mol. The molecule has 70 valence electrons. The molecule has 0 unspecified atom stereocenters. The van der Waals surface area contributed by atoms with E-state index >= 15 is 0 Å². The van der Waals surface area contributed by atoms with Crippen LogP contribution in [-0.4, -0.2) is 13.1 Å². The van der Waals surface area contributed by atoms with Crippen molar-refractivity contribution in [2.24, 2.45) is 0 Å². The lowest BCUT2D eigenvalue weighted by Crippen LogP contribution is -1.93. The Hall–Kier alpha value is -1.31. The summed E-state index contributed by atoms with van der Waals surface area (Å²) in [5.41, 5.74) is 1.34. The normalized spacial score (nSPS) is 9.54. The Morgan fingerprint density at radius 2 is 1.92 bits per heavy atom. The highest BCUT2D eigenvalue weighted by molar-refractivity contribution is 5.36. The van der Waals surface area contributed by atoms with Crippen molar-refractivity contribution >= 4 is 6.47 Å². The van der Waals surface area contributed by atoms with Crippen molar-refractivity contribution in [3.63, 3.8) is 0 Å². The summed E-state index contributed by atoms with van der Waals surface area (Å²) < 4.78 is 4.59. The highest BCUT2D eigenvalue weighted by atomic mass is 16.5. The molecule has 1 aromatic carbocycles. The van der Waals surface area contributed by atoms with E-state index in [0.717, 1.165) is 19.3 Å². The molecule has 0 fully saturated rings. The molecule has 0 aliphatic rings. The predicted molar refractivity (Wildman–Crippen MR) is 51.4 cm³/mol. The van der Waals surface area contributed by atoms with E-state index in [1.165, 1.54) is 5.56 Å². The van der Waals surface area contributed by atoms with E-state index in [2.05, 4.69) is 16.9 Å². The van der Waals surface area contributed by atoms with Gasteiger partial charge in [0.2, 0.25) is 0 Å². The van der Waals surface area contributed by atoms with Gasteiger partial charge in [-0.2, -0.15) is 0 Å². The maximum atomic E-state index is 9.82. The highest BCUT2D eigenvalue weighted by Crippen LogP contribution is 2.03. The molecule has 0 aliphatic carbocycles. The van der Waals surface area contributed by atoms with Gasteiger partial charge >= 0.3 is 0 Å². The maximum absolute atomic E-state index is 9.82. The average Bonchev–Trinajstić information content (AvgIpc) is 2.19. The molecule has 1 rings (SSSR count). The van der Waals surface area contributed by atoms with Gasteiger partial charge in [-0.1, -0.05) is 30.3 Å². The third-order valence-electron chi connectivity index (χ3n) is 1.89. The summed E-state index contributed by atoms with van der Waals surface area (Å²) in [5.74, 6) is 0. The summed E-state index contributed by atoms with van der Waals surface area (Å²) in [6.07, 6.45) is 3.06. The van der Waals surface area contributed by atoms with E-state index in [0.29, 0.717) is 13.1 Å². The van der Waals surface area contributed by atoms with Crippen LogP contribution >= 0.6 is 0 Å². The van der Waals surface area contributed by atoms with Gasteiger partial charge in [-0.3, -0.25) is 4.79 Å². The van der Waals surface area contributed by atoms with Gasteiger partial charge in [-0.15, -0.1) is 0 Å². The van der Waals surface area contributed by atoms with Crippen molar-refractivity contribution in [2.75, 3.05) is 6.61 Å². The Morgan fingerprint density at radius 1 is 1.15 bits per heavy atom. The molecule has 0 saturated carbocycles. The fourth-order valence-electron chi connectivity index (χ4n) is 1.21. The molecule has 13 heavy (non-hydrogen) atoms. The highest BCUT2D eigenvalue weighted by Gasteiger charge is 1.91. The molecule has 0 aliphatic heterocycles. The zero-order valence-corrected chi connectivity index (χ0v) is 7.61. The first kappa shape index (κ1) is 9.78. The van der Waals surface area contributed by atoms with Crippen LogP contribution in [0, 0.1) is 0 Å². The fraction of sp³-hybridized carbons (Fsp3) is 0.364. The summed E-state index contributed by atoms with van der Waals surface area (Å²) in [7, 11) is 0. The number of unbranched alkanes of at least 4 members (excludes halogenated alkanes) is 1. The molecular weight excluding hydrogens is 164 g/mol. The number of ether oxygens (including phenoxy) is 1. The first-order valence-corrected chi connectivity index (χ1v) is 4.52. The molecule has 0 radical (unpaired) electrons. The van der Waals surface area contributed by atoms with Gasteiger partial charge in [0.15, 0.2) is 0 Å². The van der Waals surface area contributed by atoms with Crippen molar-refractivity contribution in [1.29, 1.82) is 0 Å². The van der Waals surface area contributed by atoms with Gasteiger partial charge in [0, 0.05) is 0 Å². The molecule has 0 saturated heterocycles. The summed E-state index contributed by atoms with van der Waals surface area (Å²) in [4.78, 5) is 9.82. The maximum Gasteiger partial charge on any atom is 0.293 e. The number of aryl methyl sites for hydroxylation is 1. The van der Waals surface area contributed by atoms with E-state index in [9.17, 15) is 4.79 Å². The zero-order chi connectivity index (χ0) is 9.36. The second-order valence-corrected chi connectivity index (χ2v) is 2.91. The quantitative estimate of drug-likeness (QED) is 0.493. The molecular formula is C11H14O2. The number of carbonyl (C=O) groups is 1. The third-order valence-corrected chi connectivity index (χ3v) is 1.89. The second-order valence-electron chi connectivity index (χ2n) is 2.91. The van der Waals surface area contributed by atoms with Crippen LogP contribution in [0.25, 0.3) is 0 Å². The van der Waals surface area contributed by atoms with Gasteiger partial charge in [-0.05, 0) is 24.8 Å². The molecule has 0 bridgehead atoms. The Balaban J connectivity index is 2.10. The average molecular weight is 178 g/mol. The molecule has 0 spiro atoms. The molecule has 0 atom stereocenters. The largest absolute Gasteiger partial charge is 0.468 e. The van der Waals surface area contributed by atoms with Crippen LogP contribution in [0.3, 0.4) is 0 Å². The second kappa shape index (κ2) is 6.23. The van der Waals surface area contributed by atoms with Crippen molar-refractivity contribution in [1.82, 2.24) is 0 Å². The van der Waals surface area contributed by atoms with Crippen LogP contribution in [0.1, 0.15) is 18.4 Å². The van der Waals surface area contributed by atoms with Gasteiger partial charge in [-0.25, -0.2) is 0 Å². The lowest BCUT2D eigenvalue weighted by Gasteiger charge is -2.00. The Morgan fingerprint density at radius 3 is 2.62 bits per heavy atom. The molecule has 0 aromatic heterocycles. The summed E-state index contributed by atoms with van der Waals surface area (Å²) >= 11 is 0. The lowest BCUT2D eigenvalue weighted by molar-refractivity contribution is -0.128. The van der Waals surface area contributed by atoms with E-state index in [4.69, 9.17) is 0 Å². The van der Waals surface area contributed by atoms with Gasteiger partial charge in [0.05, 0.1) is 6.61 Å². The minimum Gasteiger partial charge on any atom is -0.468 e. The fourth-order valence-corrected chi connectivity index (χ4v) is 1.21. The smallest absolute Gasteiger partial charge is 0.293 e. The molecule has 2 nitrogen and oxygen atoms in total. The summed E-state index contributed by atoms with van der Waals surface area (Å²) in [6.45, 7) is 1.04. The predicted octanol–water partition coefficient (Wildman–Crippen LogP) is 2.18. The van der Waals surface area contributed by atoms with Crippen molar-refractivity contribution < 1.29 is 9.53 Å². The molecule has 0 N–H and O–H groups in total. The van der Waals surface area contributed by atoms with Crippen LogP contribution in [0.15, 0.2) is 30.3 Å². The van der Waals surface area contributed by atoms with E-state index < -0.39 is 0 Å². The SMILES string of the molecule is O=COCCCCc1ccccc1. The van der Waals surface area contributed by atoms with Gasteiger partial charge in [0.1, 0.15) is 0 Å². The van der Waals surface area contributed by atoms with Crippen LogP contribution < -0.4 is 0 Å². The van der Waals surface area contributed by atoms with Gasteiger partial charge < -0.3 is 4.74 Å². The molecule has 1 aromatic rings. The van der Waals surface area contributed by atoms with Crippen LogP contribution in [0.4, 0.5) is 0 Å². The lowest BCUT2D eigenvalue weighted by atomic mass is 10.1. The summed E-state index contributed by atoms with van der Waals surface area (Å²) in [6, 6.07) is 10.3. The van der Waals surface area contributed by atoms with Crippen LogP contribution in [-0.2, 0) is 16.0 Å². The molecule has 0 amide bonds. The Labute approximate surface area is 78.5 Å². The number of rotatable bonds is 6. The van der Waals surface area contributed by atoms with E-state index in [1.807, 2.05) is 18.2 Å². The number of carbonyl (C=O) groups excluding carboxylic acids is 1. The number of hydrogen-bond donors (Lipinski definition) is 0. The van der Waals surface area contributed by atoms with Crippen molar-refractivity contribution in [3.05, 3.63) is 35.9 Å². The minimum absolute atomic E-state index is 0.502. The van der Waals surface area contributed by atoms with Crippen LogP contribution in [0.5, 0.6) is 0 Å². The topological polar surface area (TPSA) is 26.3 Å². The minimum atomic E-state index is 0.502. The zero-order valence-electron chi connectivity index (χ0n) is 7.61. The molecule has 2 heteroatoms. The number of hydrogen-bond acceptors (Lipinski definition) is 2. The standard InChI is InChI=1S/C11H14O2/c12-10-13-9-5-4-8-11-6-2-1-3-7-11/h1-3,6-7,10H,4-5,8-9H2.